The van der Waals surface area contributed by atoms with Gasteiger partial charge in [0.1, 0.15) is 0 Å². The highest BCUT2D eigenvalue weighted by Gasteiger charge is 2.29. The third-order valence-electron chi connectivity index (χ3n) is 6.26. The molecule has 2 aromatic carbocycles. The van der Waals surface area contributed by atoms with E-state index >= 15 is 0 Å². The average Bonchev–Trinajstić information content (AvgIpc) is 3.12. The molecule has 152 valence electrons. The molecular weight excluding hydrogens is 368 g/mol. The Balaban J connectivity index is 1.43. The van der Waals surface area contributed by atoms with Gasteiger partial charge < -0.3 is 4.98 Å². The van der Waals surface area contributed by atoms with Crippen LogP contribution in [0, 0.1) is 6.92 Å². The predicted molar refractivity (Wildman–Crippen MR) is 122 cm³/mol. The van der Waals surface area contributed by atoms with Crippen LogP contribution in [0.2, 0.25) is 0 Å². The standard InChI is InChI=1S/C26H28N4/c1-20-25(23-9-5-6-10-24(23)28-20)26(22-11-13-27-14-12-22)30-17-15-29(16-18-30)19-21-7-3-2-4-8-21/h2-14,26,28H,15-19H2,1H3/t26-/m1/s1. The monoisotopic (exact) mass is 396 g/mol. The summed E-state index contributed by atoms with van der Waals surface area (Å²) in [5, 5.41) is 1.32. The lowest BCUT2D eigenvalue weighted by molar-refractivity contribution is 0.105. The van der Waals surface area contributed by atoms with Crippen LogP contribution < -0.4 is 0 Å². The molecule has 2 aromatic heterocycles. The first kappa shape index (κ1) is 19.0. The van der Waals surface area contributed by atoms with Gasteiger partial charge in [-0.2, -0.15) is 0 Å². The molecule has 4 nitrogen and oxygen atoms in total. The zero-order chi connectivity index (χ0) is 20.3. The quantitative estimate of drug-likeness (QED) is 0.527. The lowest BCUT2D eigenvalue weighted by Crippen LogP contribution is -2.47. The molecule has 5 rings (SSSR count). The Hall–Kier alpha value is -2.95. The van der Waals surface area contributed by atoms with E-state index in [4.69, 9.17) is 0 Å². The van der Waals surface area contributed by atoms with E-state index in [1.54, 1.807) is 0 Å². The second-order valence-corrected chi connectivity index (χ2v) is 8.19. The molecule has 4 heteroatoms. The summed E-state index contributed by atoms with van der Waals surface area (Å²) in [4.78, 5) is 13.1. The SMILES string of the molecule is Cc1[nH]c2ccccc2c1[C@@H](c1ccncc1)N1CCN(Cc2ccccc2)CC1. The van der Waals surface area contributed by atoms with E-state index in [-0.39, 0.29) is 6.04 Å². The van der Waals surface area contributed by atoms with Gasteiger partial charge in [0.2, 0.25) is 0 Å². The van der Waals surface area contributed by atoms with E-state index in [1.807, 2.05) is 12.4 Å². The molecule has 0 amide bonds. The van der Waals surface area contributed by atoms with Crippen LogP contribution >= 0.6 is 0 Å². The van der Waals surface area contributed by atoms with Crippen molar-refractivity contribution >= 4 is 10.9 Å². The summed E-state index contributed by atoms with van der Waals surface area (Å²) in [6, 6.07) is 24.0. The molecule has 30 heavy (non-hydrogen) atoms. The van der Waals surface area contributed by atoms with Crippen LogP contribution in [0.25, 0.3) is 10.9 Å². The highest BCUT2D eigenvalue weighted by Crippen LogP contribution is 2.36. The van der Waals surface area contributed by atoms with Gasteiger partial charge >= 0.3 is 0 Å². The fourth-order valence-electron chi connectivity index (χ4n) is 4.78. The second kappa shape index (κ2) is 8.42. The van der Waals surface area contributed by atoms with Crippen molar-refractivity contribution in [2.45, 2.75) is 19.5 Å². The molecule has 1 atom stereocenters. The van der Waals surface area contributed by atoms with Gasteiger partial charge in [-0.05, 0) is 36.2 Å². The minimum absolute atomic E-state index is 0.239. The first-order chi connectivity index (χ1) is 14.8. The largest absolute Gasteiger partial charge is 0.358 e. The number of para-hydroxylation sites is 1. The van der Waals surface area contributed by atoms with Gasteiger partial charge in [-0.3, -0.25) is 14.8 Å². The van der Waals surface area contributed by atoms with E-state index < -0.39 is 0 Å². The Labute approximate surface area is 178 Å². The second-order valence-electron chi connectivity index (χ2n) is 8.19. The fourth-order valence-corrected chi connectivity index (χ4v) is 4.78. The van der Waals surface area contributed by atoms with Gasteiger partial charge in [0, 0.05) is 67.3 Å². The number of fused-ring (bicyclic) bond motifs is 1. The van der Waals surface area contributed by atoms with Crippen molar-refractivity contribution in [1.29, 1.82) is 0 Å². The number of nitrogens with zero attached hydrogens (tertiary/aromatic N) is 3. The van der Waals surface area contributed by atoms with E-state index in [0.29, 0.717) is 0 Å². The molecular formula is C26H28N4. The molecule has 0 saturated carbocycles. The molecule has 1 fully saturated rings. The third-order valence-corrected chi connectivity index (χ3v) is 6.26. The van der Waals surface area contributed by atoms with E-state index in [2.05, 4.69) is 93.4 Å². The zero-order valence-electron chi connectivity index (χ0n) is 17.5. The molecule has 4 aromatic rings. The number of benzene rings is 2. The maximum Gasteiger partial charge on any atom is 0.0627 e. The topological polar surface area (TPSA) is 35.2 Å². The van der Waals surface area contributed by atoms with Gasteiger partial charge in [0.25, 0.3) is 0 Å². The molecule has 1 aliphatic rings. The summed E-state index contributed by atoms with van der Waals surface area (Å²) in [5.74, 6) is 0. The lowest BCUT2D eigenvalue weighted by Gasteiger charge is -2.40. The molecule has 0 radical (unpaired) electrons. The van der Waals surface area contributed by atoms with Crippen molar-refractivity contribution in [3.63, 3.8) is 0 Å². The van der Waals surface area contributed by atoms with Crippen LogP contribution in [0.3, 0.4) is 0 Å². The fraction of sp³-hybridized carbons (Fsp3) is 0.269. The van der Waals surface area contributed by atoms with Crippen LogP contribution in [-0.2, 0) is 6.54 Å². The van der Waals surface area contributed by atoms with Crippen LogP contribution in [0.15, 0.2) is 79.1 Å². The van der Waals surface area contributed by atoms with Crippen molar-refractivity contribution in [1.82, 2.24) is 19.8 Å². The Morgan fingerprint density at radius 3 is 2.33 bits per heavy atom. The normalized spacial score (nSPS) is 16.7. The van der Waals surface area contributed by atoms with Crippen molar-refractivity contribution in [3.8, 4) is 0 Å². The summed E-state index contributed by atoms with van der Waals surface area (Å²) in [7, 11) is 0. The summed E-state index contributed by atoms with van der Waals surface area (Å²) in [5.41, 5.74) is 6.57. The average molecular weight is 397 g/mol. The Morgan fingerprint density at radius 2 is 1.57 bits per heavy atom. The zero-order valence-corrected chi connectivity index (χ0v) is 17.5. The van der Waals surface area contributed by atoms with E-state index in [9.17, 15) is 0 Å². The van der Waals surface area contributed by atoms with Gasteiger partial charge in [-0.15, -0.1) is 0 Å². The maximum absolute atomic E-state index is 4.26. The van der Waals surface area contributed by atoms with Gasteiger partial charge in [0.15, 0.2) is 0 Å². The predicted octanol–water partition coefficient (Wildman–Crippen LogP) is 4.78. The van der Waals surface area contributed by atoms with Gasteiger partial charge in [-0.25, -0.2) is 0 Å². The van der Waals surface area contributed by atoms with Crippen molar-refractivity contribution in [2.24, 2.45) is 0 Å². The molecule has 0 bridgehead atoms. The van der Waals surface area contributed by atoms with E-state index in [1.165, 1.54) is 33.3 Å². The summed E-state index contributed by atoms with van der Waals surface area (Å²) in [6.07, 6.45) is 3.83. The van der Waals surface area contributed by atoms with Crippen LogP contribution in [-0.4, -0.2) is 45.9 Å². The molecule has 3 heterocycles. The highest BCUT2D eigenvalue weighted by atomic mass is 15.3. The lowest BCUT2D eigenvalue weighted by atomic mass is 9.94. The maximum atomic E-state index is 4.26. The summed E-state index contributed by atoms with van der Waals surface area (Å²) in [6.45, 7) is 7.50. The molecule has 1 aliphatic heterocycles. The molecule has 1 saturated heterocycles. The Kier molecular flexibility index (Phi) is 5.35. The number of piperazine rings is 1. The molecule has 0 spiro atoms. The minimum atomic E-state index is 0.239. The number of rotatable bonds is 5. The number of hydrogen-bond donors (Lipinski definition) is 1. The number of aromatic nitrogens is 2. The van der Waals surface area contributed by atoms with Crippen LogP contribution in [0.5, 0.6) is 0 Å². The number of aryl methyl sites for hydroxylation is 1. The highest BCUT2D eigenvalue weighted by molar-refractivity contribution is 5.85. The van der Waals surface area contributed by atoms with Gasteiger partial charge in [-0.1, -0.05) is 48.5 Å². The number of hydrogen-bond acceptors (Lipinski definition) is 3. The van der Waals surface area contributed by atoms with Gasteiger partial charge in [0.05, 0.1) is 6.04 Å². The number of H-pyrrole nitrogens is 1. The Morgan fingerprint density at radius 1 is 0.867 bits per heavy atom. The number of aromatic amines is 1. The number of nitrogens with one attached hydrogen (secondary N) is 1. The van der Waals surface area contributed by atoms with Crippen molar-refractivity contribution in [3.05, 3.63) is 102 Å². The molecule has 0 aliphatic carbocycles. The summed E-state index contributed by atoms with van der Waals surface area (Å²) < 4.78 is 0. The third kappa shape index (κ3) is 3.76. The first-order valence-electron chi connectivity index (χ1n) is 10.8. The minimum Gasteiger partial charge on any atom is -0.358 e. The van der Waals surface area contributed by atoms with Crippen molar-refractivity contribution in [2.75, 3.05) is 26.2 Å². The number of pyridine rings is 1. The molecule has 1 N–H and O–H groups in total. The van der Waals surface area contributed by atoms with Crippen LogP contribution in [0.1, 0.15) is 28.4 Å². The summed E-state index contributed by atoms with van der Waals surface area (Å²) >= 11 is 0. The smallest absolute Gasteiger partial charge is 0.0627 e. The van der Waals surface area contributed by atoms with Crippen LogP contribution in [0.4, 0.5) is 0 Å². The first-order valence-corrected chi connectivity index (χ1v) is 10.8. The Bertz CT molecular complexity index is 1100. The van der Waals surface area contributed by atoms with Crippen molar-refractivity contribution < 1.29 is 0 Å². The molecule has 0 unspecified atom stereocenters. The van der Waals surface area contributed by atoms with E-state index in [0.717, 1.165) is 32.7 Å².